The maximum Gasteiger partial charge on any atom is 0.294 e. The molecule has 0 aliphatic heterocycles. The molecule has 2 rings (SSSR count). The Morgan fingerprint density at radius 2 is 2.18 bits per heavy atom. The minimum absolute atomic E-state index is 0.000458. The van der Waals surface area contributed by atoms with Gasteiger partial charge in [0.25, 0.3) is 4.84 Å². The summed E-state index contributed by atoms with van der Waals surface area (Å²) in [5.41, 5.74) is -0.281. The van der Waals surface area contributed by atoms with Crippen LogP contribution >= 0.6 is 12.2 Å². The Labute approximate surface area is 104 Å². The molecule has 1 aliphatic carbocycles. The number of H-pyrrole nitrogens is 1. The summed E-state index contributed by atoms with van der Waals surface area (Å²) in [7, 11) is 0. The summed E-state index contributed by atoms with van der Waals surface area (Å²) in [6.45, 7) is 0.000458. The maximum atomic E-state index is 10.8. The van der Waals surface area contributed by atoms with Gasteiger partial charge in [-0.25, -0.2) is 0 Å². The van der Waals surface area contributed by atoms with Crippen LogP contribution in [-0.4, -0.2) is 21.6 Å². The molecular weight excluding hydrogens is 242 g/mol. The second-order valence-electron chi connectivity index (χ2n) is 4.77. The number of hydrogen-bond donors (Lipinski definition) is 1. The molecule has 17 heavy (non-hydrogen) atoms. The van der Waals surface area contributed by atoms with Crippen molar-refractivity contribution in [1.82, 2.24) is 10.1 Å². The molecule has 1 aromatic rings. The van der Waals surface area contributed by atoms with Crippen LogP contribution in [0.1, 0.15) is 37.9 Å². The summed E-state index contributed by atoms with van der Waals surface area (Å²) in [5, 5.41) is 14.6. The molecule has 1 saturated carbocycles. The molecule has 0 radical (unpaired) electrons. The minimum atomic E-state index is -0.281. The van der Waals surface area contributed by atoms with E-state index in [9.17, 15) is 10.1 Å². The number of aromatic nitrogens is 2. The molecule has 1 fully saturated rings. The topological polar surface area (TPSA) is 85.0 Å². The summed E-state index contributed by atoms with van der Waals surface area (Å²) in [6, 6.07) is 0. The van der Waals surface area contributed by atoms with Crippen molar-refractivity contribution in [1.29, 1.82) is 0 Å². The lowest BCUT2D eigenvalue weighted by Gasteiger charge is -2.32. The highest BCUT2D eigenvalue weighted by Gasteiger charge is 2.38. The van der Waals surface area contributed by atoms with Gasteiger partial charge in [-0.15, -0.1) is 0 Å². The van der Waals surface area contributed by atoms with Crippen LogP contribution in [0, 0.1) is 20.4 Å². The second-order valence-corrected chi connectivity index (χ2v) is 5.14. The van der Waals surface area contributed by atoms with Crippen molar-refractivity contribution in [2.75, 3.05) is 6.54 Å². The van der Waals surface area contributed by atoms with Crippen LogP contribution in [0.3, 0.4) is 0 Å². The van der Waals surface area contributed by atoms with Gasteiger partial charge in [-0.05, 0) is 25.1 Å². The molecule has 7 heteroatoms. The van der Waals surface area contributed by atoms with Gasteiger partial charge in [0.15, 0.2) is 5.82 Å². The third-order valence-corrected chi connectivity index (χ3v) is 3.58. The lowest BCUT2D eigenvalue weighted by atomic mass is 9.71. The Hall–Kier alpha value is -1.24. The van der Waals surface area contributed by atoms with Gasteiger partial charge in [-0.2, -0.15) is 0 Å². The van der Waals surface area contributed by atoms with Crippen LogP contribution in [0.25, 0.3) is 0 Å². The van der Waals surface area contributed by atoms with Gasteiger partial charge in [0.2, 0.25) is 6.54 Å². The molecule has 0 aromatic carbocycles. The number of nitrogens with one attached hydrogen (secondary N) is 1. The van der Waals surface area contributed by atoms with Crippen molar-refractivity contribution in [3.63, 3.8) is 0 Å². The van der Waals surface area contributed by atoms with E-state index in [4.69, 9.17) is 16.7 Å². The fraction of sp³-hybridized carbons (Fsp3) is 0.800. The highest BCUT2D eigenvalue weighted by Crippen LogP contribution is 2.38. The standard InChI is InChI=1S/C10H15N3O3S/c14-13(15)7-10(4-2-1-3-5-10)6-8-11-9(17)16-12-8/h1-7H2,(H,11,12,17). The van der Waals surface area contributed by atoms with E-state index in [2.05, 4.69) is 10.1 Å². The van der Waals surface area contributed by atoms with E-state index in [1.807, 2.05) is 0 Å². The van der Waals surface area contributed by atoms with Crippen LogP contribution in [0.4, 0.5) is 0 Å². The third-order valence-electron chi connectivity index (χ3n) is 3.41. The quantitative estimate of drug-likeness (QED) is 0.509. The van der Waals surface area contributed by atoms with Crippen molar-refractivity contribution >= 4 is 12.2 Å². The smallest absolute Gasteiger partial charge is 0.294 e. The molecule has 0 saturated heterocycles. The van der Waals surface area contributed by atoms with Crippen LogP contribution < -0.4 is 0 Å². The third kappa shape index (κ3) is 3.12. The first-order valence-electron chi connectivity index (χ1n) is 5.76. The number of nitrogens with zero attached hydrogens (tertiary/aromatic N) is 2. The molecule has 1 N–H and O–H groups in total. The molecule has 0 unspecified atom stereocenters. The molecule has 94 valence electrons. The van der Waals surface area contributed by atoms with Gasteiger partial charge in [0.1, 0.15) is 0 Å². The molecule has 0 atom stereocenters. The average molecular weight is 257 g/mol. The summed E-state index contributed by atoms with van der Waals surface area (Å²) in [4.78, 5) is 13.6. The van der Waals surface area contributed by atoms with Crippen LogP contribution in [0.15, 0.2) is 4.52 Å². The normalized spacial score (nSPS) is 19.1. The zero-order chi connectivity index (χ0) is 12.3. The Balaban J connectivity index is 2.14. The largest absolute Gasteiger partial charge is 0.324 e. The molecule has 1 aromatic heterocycles. The van der Waals surface area contributed by atoms with E-state index in [1.165, 1.54) is 0 Å². The van der Waals surface area contributed by atoms with Gasteiger partial charge in [0, 0.05) is 16.8 Å². The average Bonchev–Trinajstić information content (AvgIpc) is 2.63. The summed E-state index contributed by atoms with van der Waals surface area (Å²) in [6.07, 6.45) is 5.56. The fourth-order valence-corrected chi connectivity index (χ4v) is 2.81. The summed E-state index contributed by atoms with van der Waals surface area (Å²) in [5.74, 6) is 0.624. The van der Waals surface area contributed by atoms with Crippen LogP contribution in [0.2, 0.25) is 0 Å². The van der Waals surface area contributed by atoms with E-state index >= 15 is 0 Å². The number of hydrogen-bond acceptors (Lipinski definition) is 5. The van der Waals surface area contributed by atoms with Gasteiger partial charge < -0.3 is 4.52 Å². The van der Waals surface area contributed by atoms with E-state index in [-0.39, 0.29) is 21.7 Å². The Morgan fingerprint density at radius 3 is 2.71 bits per heavy atom. The number of rotatable bonds is 4. The molecule has 0 amide bonds. The summed E-state index contributed by atoms with van der Waals surface area (Å²) < 4.78 is 4.80. The molecule has 1 aliphatic rings. The monoisotopic (exact) mass is 257 g/mol. The first kappa shape index (κ1) is 12.2. The maximum absolute atomic E-state index is 10.8. The van der Waals surface area contributed by atoms with Crippen LogP contribution in [0.5, 0.6) is 0 Å². The van der Waals surface area contributed by atoms with Gasteiger partial charge in [-0.1, -0.05) is 24.4 Å². The van der Waals surface area contributed by atoms with E-state index in [0.29, 0.717) is 12.2 Å². The van der Waals surface area contributed by atoms with E-state index < -0.39 is 0 Å². The highest BCUT2D eigenvalue weighted by molar-refractivity contribution is 7.71. The molecule has 6 nitrogen and oxygen atoms in total. The van der Waals surface area contributed by atoms with E-state index in [1.54, 1.807) is 0 Å². The van der Waals surface area contributed by atoms with Crippen LogP contribution in [-0.2, 0) is 6.42 Å². The Bertz CT molecular complexity index is 448. The Kier molecular flexibility index (Phi) is 3.56. The fourth-order valence-electron chi connectivity index (χ4n) is 2.66. The molecule has 0 bridgehead atoms. The van der Waals surface area contributed by atoms with E-state index in [0.717, 1.165) is 32.1 Å². The zero-order valence-corrected chi connectivity index (χ0v) is 10.3. The zero-order valence-electron chi connectivity index (χ0n) is 9.48. The van der Waals surface area contributed by atoms with Crippen molar-refractivity contribution in [2.24, 2.45) is 5.41 Å². The number of aromatic amines is 1. The molecule has 1 heterocycles. The predicted molar refractivity (Wildman–Crippen MR) is 62.8 cm³/mol. The van der Waals surface area contributed by atoms with Gasteiger partial charge in [-0.3, -0.25) is 15.1 Å². The Morgan fingerprint density at radius 1 is 1.47 bits per heavy atom. The lowest BCUT2D eigenvalue weighted by molar-refractivity contribution is -0.499. The summed E-state index contributed by atoms with van der Waals surface area (Å²) >= 11 is 4.81. The van der Waals surface area contributed by atoms with Crippen molar-refractivity contribution in [3.8, 4) is 0 Å². The predicted octanol–water partition coefficient (Wildman–Crippen LogP) is 2.50. The van der Waals surface area contributed by atoms with Gasteiger partial charge >= 0.3 is 0 Å². The lowest BCUT2D eigenvalue weighted by Crippen LogP contribution is -2.34. The van der Waals surface area contributed by atoms with Crippen molar-refractivity contribution < 1.29 is 9.45 Å². The van der Waals surface area contributed by atoms with Crippen molar-refractivity contribution in [3.05, 3.63) is 20.8 Å². The number of nitro groups is 1. The second kappa shape index (κ2) is 4.95. The van der Waals surface area contributed by atoms with Gasteiger partial charge in [0.05, 0.1) is 0 Å². The molecular formula is C10H15N3O3S. The minimum Gasteiger partial charge on any atom is -0.324 e. The highest BCUT2D eigenvalue weighted by atomic mass is 32.1. The van der Waals surface area contributed by atoms with Crippen molar-refractivity contribution in [2.45, 2.75) is 38.5 Å². The first-order chi connectivity index (χ1) is 8.10. The first-order valence-corrected chi connectivity index (χ1v) is 6.17. The SMILES string of the molecule is O=[N+]([O-])CC1(Cc2noc(=S)[nH]2)CCCCC1. The molecule has 0 spiro atoms.